The van der Waals surface area contributed by atoms with Crippen LogP contribution in [-0.4, -0.2) is 38.3 Å². The quantitative estimate of drug-likeness (QED) is 0.232. The maximum Gasteiger partial charge on any atom is 0.223 e. The molecule has 0 amide bonds. The predicted molar refractivity (Wildman–Crippen MR) is 163 cm³/mol. The molecule has 0 aliphatic carbocycles. The van der Waals surface area contributed by atoms with Crippen molar-refractivity contribution < 1.29 is 0 Å². The molecule has 5 rings (SSSR count). The number of nitrogens with zero attached hydrogens (tertiary/aromatic N) is 5. The van der Waals surface area contributed by atoms with E-state index < -0.39 is 0 Å². The molecule has 6 nitrogen and oxygen atoms in total. The van der Waals surface area contributed by atoms with Crippen LogP contribution >= 0.6 is 0 Å². The van der Waals surface area contributed by atoms with Gasteiger partial charge in [-0.3, -0.25) is 4.40 Å². The third-order valence-electron chi connectivity index (χ3n) is 6.47. The van der Waals surface area contributed by atoms with Crippen molar-refractivity contribution in [3.63, 3.8) is 0 Å². The summed E-state index contributed by atoms with van der Waals surface area (Å²) in [5.41, 5.74) is 11.0. The zero-order chi connectivity index (χ0) is 27.9. The van der Waals surface area contributed by atoms with Crippen LogP contribution in [0.15, 0.2) is 73.1 Å². The Bertz CT molecular complexity index is 1530. The van der Waals surface area contributed by atoms with Crippen LogP contribution in [0, 0.1) is 13.8 Å². The van der Waals surface area contributed by atoms with Crippen molar-refractivity contribution in [3.8, 4) is 22.6 Å². The van der Waals surface area contributed by atoms with E-state index in [0.29, 0.717) is 12.5 Å². The molecule has 1 N–H and O–H groups in total. The van der Waals surface area contributed by atoms with Crippen LogP contribution in [0.25, 0.3) is 28.3 Å². The van der Waals surface area contributed by atoms with E-state index in [0.717, 1.165) is 41.3 Å². The predicted octanol–water partition coefficient (Wildman–Crippen LogP) is 7.34. The number of imidazole rings is 1. The third-order valence-corrected chi connectivity index (χ3v) is 6.47. The number of pyridine rings is 1. The van der Waals surface area contributed by atoms with Gasteiger partial charge in [-0.1, -0.05) is 74.4 Å². The van der Waals surface area contributed by atoms with Crippen LogP contribution in [-0.2, 0) is 19.5 Å². The maximum absolute atomic E-state index is 5.07. The SMILES string of the molecule is CC.CCc1cc(C)cc(CNc2nccc(-c3c(-c4ccc(C)cc4)nc4cc(CN(C)C)ccn34)n2)c1. The molecule has 0 unspecified atom stereocenters. The number of aromatic nitrogens is 4. The molecule has 0 bridgehead atoms. The molecule has 0 radical (unpaired) electrons. The summed E-state index contributed by atoms with van der Waals surface area (Å²) in [6.45, 7) is 12.0. The smallest absolute Gasteiger partial charge is 0.223 e. The van der Waals surface area contributed by atoms with Crippen LogP contribution in [0.3, 0.4) is 0 Å². The third kappa shape index (κ3) is 6.70. The highest BCUT2D eigenvalue weighted by molar-refractivity contribution is 5.81. The lowest BCUT2D eigenvalue weighted by atomic mass is 10.0. The molecule has 202 valence electrons. The van der Waals surface area contributed by atoms with Crippen molar-refractivity contribution in [1.82, 2.24) is 24.3 Å². The van der Waals surface area contributed by atoms with Gasteiger partial charge >= 0.3 is 0 Å². The molecule has 0 aliphatic rings. The number of hydrogen-bond acceptors (Lipinski definition) is 5. The fraction of sp³-hybridized carbons (Fsp3) is 0.303. The Labute approximate surface area is 232 Å². The average Bonchev–Trinajstić information content (AvgIpc) is 3.31. The molecule has 0 fully saturated rings. The lowest BCUT2D eigenvalue weighted by molar-refractivity contribution is 0.402. The van der Waals surface area contributed by atoms with Gasteiger partial charge in [0.05, 0.1) is 17.1 Å². The van der Waals surface area contributed by atoms with Gasteiger partial charge < -0.3 is 10.2 Å². The van der Waals surface area contributed by atoms with E-state index in [1.165, 1.54) is 27.8 Å². The Morgan fingerprint density at radius 1 is 0.821 bits per heavy atom. The summed E-state index contributed by atoms with van der Waals surface area (Å²) in [5, 5.41) is 3.43. The molecule has 0 saturated heterocycles. The summed E-state index contributed by atoms with van der Waals surface area (Å²) >= 11 is 0. The number of anilines is 1. The van der Waals surface area contributed by atoms with E-state index in [-0.39, 0.29) is 0 Å². The molecular formula is C33H40N6. The zero-order valence-electron chi connectivity index (χ0n) is 24.3. The van der Waals surface area contributed by atoms with Gasteiger partial charge in [-0.05, 0) is 69.3 Å². The standard InChI is InChI=1S/C31H34N6.C2H6/c1-6-23-15-22(3)16-25(17-23)19-33-31-32-13-11-27(34-31)30-29(26-9-7-21(2)8-10-26)35-28-18-24(20-36(4)5)12-14-37(28)30;1-2/h7-18H,6,19-20H2,1-5H3,(H,32,33,34);1-2H3. The molecule has 0 spiro atoms. The van der Waals surface area contributed by atoms with Crippen molar-refractivity contribution in [2.75, 3.05) is 19.4 Å². The van der Waals surface area contributed by atoms with Gasteiger partial charge in [-0.2, -0.15) is 0 Å². The molecule has 39 heavy (non-hydrogen) atoms. The fourth-order valence-corrected chi connectivity index (χ4v) is 4.72. The van der Waals surface area contributed by atoms with E-state index in [4.69, 9.17) is 9.97 Å². The Balaban J connectivity index is 0.00000172. The van der Waals surface area contributed by atoms with Crippen LogP contribution < -0.4 is 5.32 Å². The van der Waals surface area contributed by atoms with Gasteiger partial charge in [0.25, 0.3) is 0 Å². The van der Waals surface area contributed by atoms with Crippen molar-refractivity contribution in [1.29, 1.82) is 0 Å². The minimum Gasteiger partial charge on any atom is -0.350 e. The topological polar surface area (TPSA) is 58.4 Å². The first-order chi connectivity index (χ1) is 18.9. The second kappa shape index (κ2) is 12.7. The summed E-state index contributed by atoms with van der Waals surface area (Å²) in [5.74, 6) is 0.603. The Kier molecular flexibility index (Phi) is 9.10. The zero-order valence-corrected chi connectivity index (χ0v) is 24.3. The minimum atomic E-state index is 0.603. The van der Waals surface area contributed by atoms with Crippen LogP contribution in [0.4, 0.5) is 5.95 Å². The highest BCUT2D eigenvalue weighted by atomic mass is 15.1. The molecule has 0 aliphatic heterocycles. The fourth-order valence-electron chi connectivity index (χ4n) is 4.72. The van der Waals surface area contributed by atoms with Gasteiger partial charge in [-0.15, -0.1) is 0 Å². The first-order valence-corrected chi connectivity index (χ1v) is 13.8. The van der Waals surface area contributed by atoms with Crippen molar-refractivity contribution in [2.45, 2.75) is 54.1 Å². The molecule has 0 saturated carbocycles. The Morgan fingerprint density at radius 2 is 1.56 bits per heavy atom. The minimum absolute atomic E-state index is 0.603. The first-order valence-electron chi connectivity index (χ1n) is 13.8. The summed E-state index contributed by atoms with van der Waals surface area (Å²) in [4.78, 5) is 16.7. The van der Waals surface area contributed by atoms with Crippen LogP contribution in [0.2, 0.25) is 0 Å². The van der Waals surface area contributed by atoms with E-state index >= 15 is 0 Å². The van der Waals surface area contributed by atoms with Crippen molar-refractivity contribution in [3.05, 3.63) is 101 Å². The van der Waals surface area contributed by atoms with Crippen molar-refractivity contribution in [2.24, 2.45) is 0 Å². The number of fused-ring (bicyclic) bond motifs is 1. The number of benzene rings is 2. The highest BCUT2D eigenvalue weighted by Crippen LogP contribution is 2.32. The highest BCUT2D eigenvalue weighted by Gasteiger charge is 2.18. The van der Waals surface area contributed by atoms with Gasteiger partial charge in [0, 0.05) is 31.0 Å². The van der Waals surface area contributed by atoms with E-state index in [9.17, 15) is 0 Å². The van der Waals surface area contributed by atoms with Gasteiger partial charge in [0.2, 0.25) is 5.95 Å². The number of aryl methyl sites for hydroxylation is 3. The molecule has 3 aromatic heterocycles. The van der Waals surface area contributed by atoms with Crippen LogP contribution in [0.1, 0.15) is 48.6 Å². The van der Waals surface area contributed by atoms with Gasteiger partial charge in [0.1, 0.15) is 5.65 Å². The van der Waals surface area contributed by atoms with Crippen molar-refractivity contribution >= 4 is 11.6 Å². The summed E-state index contributed by atoms with van der Waals surface area (Å²) in [6, 6.07) is 21.5. The van der Waals surface area contributed by atoms with E-state index in [1.54, 1.807) is 0 Å². The normalized spacial score (nSPS) is 11.0. The van der Waals surface area contributed by atoms with Gasteiger partial charge in [-0.25, -0.2) is 15.0 Å². The summed E-state index contributed by atoms with van der Waals surface area (Å²) < 4.78 is 2.13. The molecular weight excluding hydrogens is 480 g/mol. The van der Waals surface area contributed by atoms with Crippen LogP contribution in [0.5, 0.6) is 0 Å². The van der Waals surface area contributed by atoms with Gasteiger partial charge in [0.15, 0.2) is 0 Å². The monoisotopic (exact) mass is 520 g/mol. The molecule has 3 heterocycles. The molecule has 6 heteroatoms. The first kappa shape index (κ1) is 28.0. The average molecular weight is 521 g/mol. The van der Waals surface area contributed by atoms with E-state index in [2.05, 4.69) is 115 Å². The Hall–Kier alpha value is -4.03. The summed E-state index contributed by atoms with van der Waals surface area (Å²) in [6.07, 6.45) is 4.94. The number of rotatable bonds is 8. The molecule has 0 atom stereocenters. The second-order valence-electron chi connectivity index (χ2n) is 9.98. The largest absolute Gasteiger partial charge is 0.350 e. The molecule has 2 aromatic carbocycles. The summed E-state index contributed by atoms with van der Waals surface area (Å²) in [7, 11) is 4.16. The number of hydrogen-bond donors (Lipinski definition) is 1. The second-order valence-corrected chi connectivity index (χ2v) is 9.98. The lowest BCUT2D eigenvalue weighted by Crippen LogP contribution is -2.10. The maximum atomic E-state index is 5.07. The van der Waals surface area contributed by atoms with E-state index in [1.807, 2.05) is 26.1 Å². The molecule has 5 aromatic rings. The Morgan fingerprint density at radius 3 is 2.28 bits per heavy atom. The lowest BCUT2D eigenvalue weighted by Gasteiger charge is -2.11. The number of nitrogens with one attached hydrogen (secondary N) is 1.